The molecule has 0 atom stereocenters. The summed E-state index contributed by atoms with van der Waals surface area (Å²) in [4.78, 5) is -0.0192. The smallest absolute Gasteiger partial charge is 0.244 e. The molecule has 1 rings (SSSR count). The Labute approximate surface area is 130 Å². The van der Waals surface area contributed by atoms with Crippen LogP contribution in [0.4, 0.5) is 0 Å². The van der Waals surface area contributed by atoms with Crippen molar-refractivity contribution in [3.8, 4) is 11.8 Å². The van der Waals surface area contributed by atoms with Crippen LogP contribution in [-0.2, 0) is 10.0 Å². The zero-order valence-electron chi connectivity index (χ0n) is 12.2. The average molecular weight is 331 g/mol. The lowest BCUT2D eigenvalue weighted by Crippen LogP contribution is -2.39. The van der Waals surface area contributed by atoms with E-state index in [0.717, 1.165) is 4.31 Å². The predicted molar refractivity (Wildman–Crippen MR) is 83.5 cm³/mol. The summed E-state index contributed by atoms with van der Waals surface area (Å²) in [6, 6.07) is 4.45. The molecule has 0 spiro atoms. The van der Waals surface area contributed by atoms with Crippen LogP contribution in [0.1, 0.15) is 19.4 Å². The fourth-order valence-electron chi connectivity index (χ4n) is 1.74. The topological polar surface area (TPSA) is 83.6 Å². The Morgan fingerprint density at radius 1 is 1.43 bits per heavy atom. The summed E-state index contributed by atoms with van der Waals surface area (Å²) in [5.74, 6) is 5.45. The molecule has 0 amide bonds. The number of rotatable bonds is 4. The maximum Gasteiger partial charge on any atom is 0.244 e. The van der Waals surface area contributed by atoms with E-state index in [4.69, 9.17) is 17.3 Å². The number of aliphatic hydroxyl groups is 1. The Morgan fingerprint density at radius 2 is 2.05 bits per heavy atom. The van der Waals surface area contributed by atoms with E-state index >= 15 is 0 Å². The Hall–Kier alpha value is -1.10. The highest BCUT2D eigenvalue weighted by Crippen LogP contribution is 2.25. The molecule has 1 aromatic rings. The van der Waals surface area contributed by atoms with Crippen molar-refractivity contribution in [2.24, 2.45) is 5.73 Å². The van der Waals surface area contributed by atoms with Crippen LogP contribution in [0.25, 0.3) is 0 Å². The van der Waals surface area contributed by atoms with Crippen LogP contribution in [0.15, 0.2) is 23.1 Å². The molecule has 0 aliphatic rings. The van der Waals surface area contributed by atoms with E-state index in [1.54, 1.807) is 6.07 Å². The number of benzene rings is 1. The molecule has 21 heavy (non-hydrogen) atoms. The van der Waals surface area contributed by atoms with Crippen molar-refractivity contribution in [3.05, 3.63) is 28.8 Å². The number of hydrogen-bond acceptors (Lipinski definition) is 4. The lowest BCUT2D eigenvalue weighted by molar-refractivity contribution is 0.0640. The van der Waals surface area contributed by atoms with Crippen molar-refractivity contribution in [1.29, 1.82) is 0 Å². The molecular formula is C14H19ClN2O3S. The second kappa shape index (κ2) is 6.77. The molecule has 3 N–H and O–H groups in total. The van der Waals surface area contributed by atoms with Gasteiger partial charge < -0.3 is 10.8 Å². The van der Waals surface area contributed by atoms with Crippen LogP contribution >= 0.6 is 11.6 Å². The number of halogens is 1. The van der Waals surface area contributed by atoms with Gasteiger partial charge in [0.1, 0.15) is 4.90 Å². The standard InChI is InChI=1S/C14H19ClN2O3S/c1-14(2,18)10-17(3)21(19,20)13-7-6-11(5-4-8-16)9-12(13)15/h6-7,9,18H,8,10,16H2,1-3H3. The second-order valence-corrected chi connectivity index (χ2v) is 7.65. The molecule has 0 fully saturated rings. The minimum absolute atomic E-state index is 0.0192. The number of hydrogen-bond donors (Lipinski definition) is 2. The molecule has 0 saturated heterocycles. The van der Waals surface area contributed by atoms with E-state index < -0.39 is 15.6 Å². The van der Waals surface area contributed by atoms with Gasteiger partial charge in [-0.15, -0.1) is 0 Å². The molecule has 116 valence electrons. The van der Waals surface area contributed by atoms with Crippen LogP contribution in [0, 0.1) is 11.8 Å². The van der Waals surface area contributed by atoms with Crippen molar-refractivity contribution in [1.82, 2.24) is 4.31 Å². The van der Waals surface area contributed by atoms with E-state index in [9.17, 15) is 13.5 Å². The lowest BCUT2D eigenvalue weighted by Gasteiger charge is -2.25. The molecule has 0 unspecified atom stereocenters. The van der Waals surface area contributed by atoms with E-state index in [2.05, 4.69) is 11.8 Å². The minimum Gasteiger partial charge on any atom is -0.389 e. The van der Waals surface area contributed by atoms with E-state index in [-0.39, 0.29) is 23.0 Å². The highest BCUT2D eigenvalue weighted by Gasteiger charge is 2.28. The second-order valence-electron chi connectivity index (χ2n) is 5.22. The number of sulfonamides is 1. The van der Waals surface area contributed by atoms with Gasteiger partial charge in [0.15, 0.2) is 0 Å². The van der Waals surface area contributed by atoms with Crippen LogP contribution in [0.5, 0.6) is 0 Å². The number of likely N-dealkylation sites (N-methyl/N-ethyl adjacent to an activating group) is 1. The predicted octanol–water partition coefficient (Wildman–Crippen LogP) is 1.04. The summed E-state index contributed by atoms with van der Waals surface area (Å²) in [7, 11) is -2.38. The summed E-state index contributed by atoms with van der Waals surface area (Å²) in [5.41, 5.74) is 4.73. The number of nitrogens with zero attached hydrogens (tertiary/aromatic N) is 1. The lowest BCUT2D eigenvalue weighted by atomic mass is 10.1. The molecule has 0 saturated carbocycles. The molecule has 0 heterocycles. The third kappa shape index (κ3) is 4.99. The first kappa shape index (κ1) is 18.0. The molecule has 0 radical (unpaired) electrons. The zero-order chi connectivity index (χ0) is 16.3. The van der Waals surface area contributed by atoms with E-state index in [1.165, 1.54) is 33.0 Å². The first-order valence-electron chi connectivity index (χ1n) is 6.25. The average Bonchev–Trinajstić information content (AvgIpc) is 2.34. The van der Waals surface area contributed by atoms with Gasteiger partial charge >= 0.3 is 0 Å². The van der Waals surface area contributed by atoms with Crippen molar-refractivity contribution >= 4 is 21.6 Å². The first-order chi connectivity index (χ1) is 9.58. The molecule has 0 aliphatic carbocycles. The molecule has 0 bridgehead atoms. The van der Waals surface area contributed by atoms with Gasteiger partial charge in [-0.2, -0.15) is 4.31 Å². The molecule has 1 aromatic carbocycles. The van der Waals surface area contributed by atoms with Crippen LogP contribution in [0.3, 0.4) is 0 Å². The maximum absolute atomic E-state index is 12.4. The SMILES string of the molecule is CN(CC(C)(C)O)S(=O)(=O)c1ccc(C#CCN)cc1Cl. The van der Waals surface area contributed by atoms with Gasteiger partial charge in [-0.25, -0.2) is 8.42 Å². The van der Waals surface area contributed by atoms with Crippen LogP contribution < -0.4 is 5.73 Å². The largest absolute Gasteiger partial charge is 0.389 e. The van der Waals surface area contributed by atoms with Crippen LogP contribution in [-0.4, -0.2) is 43.6 Å². The van der Waals surface area contributed by atoms with Crippen molar-refractivity contribution in [2.75, 3.05) is 20.1 Å². The third-order valence-corrected chi connectivity index (χ3v) is 4.85. The van der Waals surface area contributed by atoms with Gasteiger partial charge in [-0.1, -0.05) is 23.4 Å². The zero-order valence-corrected chi connectivity index (χ0v) is 13.8. The van der Waals surface area contributed by atoms with Gasteiger partial charge in [0.05, 0.1) is 17.2 Å². The Morgan fingerprint density at radius 3 is 2.52 bits per heavy atom. The first-order valence-corrected chi connectivity index (χ1v) is 8.07. The van der Waals surface area contributed by atoms with Gasteiger partial charge in [-0.05, 0) is 32.0 Å². The number of nitrogens with two attached hydrogens (primary N) is 1. The van der Waals surface area contributed by atoms with Gasteiger partial charge in [-0.3, -0.25) is 0 Å². The van der Waals surface area contributed by atoms with Crippen LogP contribution in [0.2, 0.25) is 5.02 Å². The van der Waals surface area contributed by atoms with Gasteiger partial charge in [0.2, 0.25) is 10.0 Å². The van der Waals surface area contributed by atoms with E-state index in [0.29, 0.717) is 5.56 Å². The van der Waals surface area contributed by atoms with E-state index in [1.807, 2.05) is 0 Å². The Balaban J connectivity index is 3.15. The molecule has 5 nitrogen and oxygen atoms in total. The fraction of sp³-hybridized carbons (Fsp3) is 0.429. The highest BCUT2D eigenvalue weighted by atomic mass is 35.5. The highest BCUT2D eigenvalue weighted by molar-refractivity contribution is 7.89. The molecular weight excluding hydrogens is 312 g/mol. The van der Waals surface area contributed by atoms with Crippen molar-refractivity contribution < 1.29 is 13.5 Å². The summed E-state index contributed by atoms with van der Waals surface area (Å²) in [6.45, 7) is 3.24. The van der Waals surface area contributed by atoms with Gasteiger partial charge in [0, 0.05) is 19.2 Å². The maximum atomic E-state index is 12.4. The Kier molecular flexibility index (Phi) is 5.79. The monoisotopic (exact) mass is 330 g/mol. The Bertz CT molecular complexity index is 670. The molecule has 0 aliphatic heterocycles. The summed E-state index contributed by atoms with van der Waals surface area (Å²) >= 11 is 6.04. The van der Waals surface area contributed by atoms with Gasteiger partial charge in [0.25, 0.3) is 0 Å². The normalized spacial score (nSPS) is 12.1. The summed E-state index contributed by atoms with van der Waals surface area (Å²) in [6.07, 6.45) is 0. The third-order valence-electron chi connectivity index (χ3n) is 2.56. The quantitative estimate of drug-likeness (QED) is 0.808. The minimum atomic E-state index is -3.77. The van der Waals surface area contributed by atoms with Crippen molar-refractivity contribution in [3.63, 3.8) is 0 Å². The molecule has 0 aromatic heterocycles. The fourth-order valence-corrected chi connectivity index (χ4v) is 3.58. The van der Waals surface area contributed by atoms with Crippen molar-refractivity contribution in [2.45, 2.75) is 24.3 Å². The summed E-state index contributed by atoms with van der Waals surface area (Å²) < 4.78 is 25.9. The molecule has 7 heteroatoms. The summed E-state index contributed by atoms with van der Waals surface area (Å²) in [5, 5.41) is 9.82.